The Labute approximate surface area is 128 Å². The molecule has 1 aromatic carbocycles. The number of hydrogen-bond donors (Lipinski definition) is 1. The van der Waals surface area contributed by atoms with Gasteiger partial charge < -0.3 is 14.7 Å². The van der Waals surface area contributed by atoms with Gasteiger partial charge in [-0.2, -0.15) is 0 Å². The topological polar surface area (TPSA) is 76.7 Å². The van der Waals surface area contributed by atoms with E-state index < -0.39 is 0 Å². The molecular formula is C16H17N3O3. The molecule has 1 N–H and O–H groups in total. The molecule has 1 aliphatic rings. The third kappa shape index (κ3) is 2.86. The highest BCUT2D eigenvalue weighted by Gasteiger charge is 2.28. The lowest BCUT2D eigenvalue weighted by atomic mass is 10.0. The molecule has 1 atom stereocenters. The van der Waals surface area contributed by atoms with Gasteiger partial charge in [-0.05, 0) is 5.56 Å². The summed E-state index contributed by atoms with van der Waals surface area (Å²) in [6, 6.07) is 9.72. The standard InChI is InChI=1S/C16H17N3O3/c1-10(2)15-13(9-17-22-15)18-16(20)12-8-14(21-19-12)11-6-4-3-5-7-11/h3-7,9-10,14H,8H2,1-2H3,(H,18,20). The molecule has 1 aliphatic heterocycles. The van der Waals surface area contributed by atoms with Gasteiger partial charge in [-0.15, -0.1) is 0 Å². The van der Waals surface area contributed by atoms with Gasteiger partial charge in [0.15, 0.2) is 11.9 Å². The molecule has 0 fully saturated rings. The van der Waals surface area contributed by atoms with Crippen molar-refractivity contribution in [1.29, 1.82) is 0 Å². The highest BCUT2D eigenvalue weighted by atomic mass is 16.6. The Morgan fingerprint density at radius 1 is 1.32 bits per heavy atom. The minimum atomic E-state index is -0.288. The zero-order valence-corrected chi connectivity index (χ0v) is 12.4. The molecule has 6 heteroatoms. The summed E-state index contributed by atoms with van der Waals surface area (Å²) in [4.78, 5) is 17.6. The number of rotatable bonds is 4. The number of amides is 1. The zero-order valence-electron chi connectivity index (χ0n) is 12.4. The maximum absolute atomic E-state index is 12.3. The fourth-order valence-electron chi connectivity index (χ4n) is 2.31. The summed E-state index contributed by atoms with van der Waals surface area (Å²) < 4.78 is 5.14. The number of aromatic nitrogens is 1. The first-order chi connectivity index (χ1) is 10.6. The molecule has 6 nitrogen and oxygen atoms in total. The quantitative estimate of drug-likeness (QED) is 0.940. The molecule has 3 rings (SSSR count). The summed E-state index contributed by atoms with van der Waals surface area (Å²) in [5.41, 5.74) is 1.94. The Balaban J connectivity index is 1.66. The van der Waals surface area contributed by atoms with E-state index in [4.69, 9.17) is 9.36 Å². The lowest BCUT2D eigenvalue weighted by Gasteiger charge is -2.07. The molecule has 114 valence electrons. The largest absolute Gasteiger partial charge is 0.387 e. The summed E-state index contributed by atoms with van der Waals surface area (Å²) in [7, 11) is 0. The van der Waals surface area contributed by atoms with E-state index in [0.717, 1.165) is 5.56 Å². The fourth-order valence-corrected chi connectivity index (χ4v) is 2.31. The monoisotopic (exact) mass is 299 g/mol. The second-order valence-electron chi connectivity index (χ2n) is 5.46. The van der Waals surface area contributed by atoms with Crippen LogP contribution in [0, 0.1) is 0 Å². The van der Waals surface area contributed by atoms with Crippen molar-refractivity contribution in [2.45, 2.75) is 32.3 Å². The van der Waals surface area contributed by atoms with Crippen LogP contribution in [0.25, 0.3) is 0 Å². The van der Waals surface area contributed by atoms with Crippen LogP contribution in [-0.4, -0.2) is 16.8 Å². The third-order valence-electron chi connectivity index (χ3n) is 3.47. The van der Waals surface area contributed by atoms with E-state index in [9.17, 15) is 4.79 Å². The van der Waals surface area contributed by atoms with Crippen LogP contribution >= 0.6 is 0 Å². The molecule has 0 spiro atoms. The molecule has 1 unspecified atom stereocenters. The van der Waals surface area contributed by atoms with E-state index in [0.29, 0.717) is 23.6 Å². The van der Waals surface area contributed by atoms with Gasteiger partial charge in [0.2, 0.25) is 0 Å². The normalized spacial score (nSPS) is 17.2. The summed E-state index contributed by atoms with van der Waals surface area (Å²) in [5.74, 6) is 0.493. The Morgan fingerprint density at radius 3 is 2.82 bits per heavy atom. The van der Waals surface area contributed by atoms with Gasteiger partial charge >= 0.3 is 0 Å². The number of nitrogens with one attached hydrogen (secondary N) is 1. The number of carbonyl (C=O) groups is 1. The van der Waals surface area contributed by atoms with Crippen LogP contribution in [0.2, 0.25) is 0 Å². The summed E-state index contributed by atoms with van der Waals surface area (Å²) in [6.45, 7) is 3.94. The molecule has 1 aromatic heterocycles. The SMILES string of the molecule is CC(C)c1oncc1NC(=O)C1=NOC(c2ccccc2)C1. The highest BCUT2D eigenvalue weighted by molar-refractivity contribution is 6.43. The van der Waals surface area contributed by atoms with Gasteiger partial charge in [-0.1, -0.05) is 54.5 Å². The molecule has 0 aliphatic carbocycles. The van der Waals surface area contributed by atoms with Crippen LogP contribution < -0.4 is 5.32 Å². The van der Waals surface area contributed by atoms with E-state index in [1.165, 1.54) is 6.20 Å². The van der Waals surface area contributed by atoms with Crippen molar-refractivity contribution in [2.75, 3.05) is 5.32 Å². The lowest BCUT2D eigenvalue weighted by Crippen LogP contribution is -2.22. The van der Waals surface area contributed by atoms with Crippen LogP contribution in [0.3, 0.4) is 0 Å². The predicted molar refractivity (Wildman–Crippen MR) is 81.5 cm³/mol. The average Bonchev–Trinajstić information content (AvgIpc) is 3.17. The lowest BCUT2D eigenvalue weighted by molar-refractivity contribution is -0.110. The predicted octanol–water partition coefficient (Wildman–Crippen LogP) is 3.25. The third-order valence-corrected chi connectivity index (χ3v) is 3.47. The summed E-state index contributed by atoms with van der Waals surface area (Å²) >= 11 is 0. The second kappa shape index (κ2) is 6.01. The average molecular weight is 299 g/mol. The summed E-state index contributed by atoms with van der Waals surface area (Å²) in [5, 5.41) is 10.4. The molecule has 2 heterocycles. The Kier molecular flexibility index (Phi) is 3.91. The van der Waals surface area contributed by atoms with E-state index in [1.54, 1.807) is 0 Å². The van der Waals surface area contributed by atoms with Gasteiger partial charge in [0, 0.05) is 12.3 Å². The Hall–Kier alpha value is -2.63. The maximum atomic E-state index is 12.3. The number of nitrogens with zero attached hydrogens (tertiary/aromatic N) is 2. The first-order valence-corrected chi connectivity index (χ1v) is 7.18. The Morgan fingerprint density at radius 2 is 2.09 bits per heavy atom. The molecular weight excluding hydrogens is 282 g/mol. The van der Waals surface area contributed by atoms with Gasteiger partial charge in [-0.25, -0.2) is 0 Å². The van der Waals surface area contributed by atoms with E-state index in [-0.39, 0.29) is 17.9 Å². The molecule has 0 radical (unpaired) electrons. The van der Waals surface area contributed by atoms with Crippen molar-refractivity contribution < 1.29 is 14.2 Å². The van der Waals surface area contributed by atoms with Gasteiger partial charge in [0.05, 0.1) is 6.20 Å². The van der Waals surface area contributed by atoms with Crippen molar-refractivity contribution in [2.24, 2.45) is 5.16 Å². The molecule has 2 aromatic rings. The number of benzene rings is 1. The Bertz CT molecular complexity index is 692. The van der Waals surface area contributed by atoms with Gasteiger partial charge in [0.25, 0.3) is 5.91 Å². The van der Waals surface area contributed by atoms with Crippen LogP contribution in [0.1, 0.15) is 43.6 Å². The highest BCUT2D eigenvalue weighted by Crippen LogP contribution is 2.28. The molecule has 0 bridgehead atoms. The molecule has 1 amide bonds. The summed E-state index contributed by atoms with van der Waals surface area (Å²) in [6.07, 6.45) is 1.73. The first kappa shape index (κ1) is 14.3. The van der Waals surface area contributed by atoms with Gasteiger partial charge in [0.1, 0.15) is 11.4 Å². The van der Waals surface area contributed by atoms with Gasteiger partial charge in [-0.3, -0.25) is 4.79 Å². The number of oxime groups is 1. The van der Waals surface area contributed by atoms with Crippen molar-refractivity contribution in [3.05, 3.63) is 47.9 Å². The van der Waals surface area contributed by atoms with Crippen LogP contribution in [0.15, 0.2) is 46.2 Å². The zero-order chi connectivity index (χ0) is 15.5. The number of anilines is 1. The maximum Gasteiger partial charge on any atom is 0.273 e. The van der Waals surface area contributed by atoms with Crippen LogP contribution in [0.4, 0.5) is 5.69 Å². The minimum Gasteiger partial charge on any atom is -0.387 e. The molecule has 0 saturated heterocycles. The van der Waals surface area contributed by atoms with E-state index >= 15 is 0 Å². The van der Waals surface area contributed by atoms with Crippen molar-refractivity contribution >= 4 is 17.3 Å². The van der Waals surface area contributed by atoms with E-state index in [1.807, 2.05) is 44.2 Å². The van der Waals surface area contributed by atoms with E-state index in [2.05, 4.69) is 15.6 Å². The molecule has 0 saturated carbocycles. The van der Waals surface area contributed by atoms with Crippen molar-refractivity contribution in [3.8, 4) is 0 Å². The smallest absolute Gasteiger partial charge is 0.273 e. The fraction of sp³-hybridized carbons (Fsp3) is 0.312. The number of hydrogen-bond acceptors (Lipinski definition) is 5. The second-order valence-corrected chi connectivity index (χ2v) is 5.46. The van der Waals surface area contributed by atoms with Crippen LogP contribution in [0.5, 0.6) is 0 Å². The van der Waals surface area contributed by atoms with Crippen molar-refractivity contribution in [3.63, 3.8) is 0 Å². The number of carbonyl (C=O) groups excluding carboxylic acids is 1. The first-order valence-electron chi connectivity index (χ1n) is 7.18. The van der Waals surface area contributed by atoms with Crippen molar-refractivity contribution in [1.82, 2.24) is 5.16 Å². The molecule has 22 heavy (non-hydrogen) atoms. The van der Waals surface area contributed by atoms with Crippen LogP contribution in [-0.2, 0) is 9.63 Å². The minimum absolute atomic E-state index is 0.136.